The van der Waals surface area contributed by atoms with Crippen molar-refractivity contribution in [2.24, 2.45) is 7.05 Å². The molecule has 0 fully saturated rings. The van der Waals surface area contributed by atoms with Crippen LogP contribution in [0.2, 0.25) is 0 Å². The largest absolute Gasteiger partial charge is 0.508 e. The predicted molar refractivity (Wildman–Crippen MR) is 70.6 cm³/mol. The summed E-state index contributed by atoms with van der Waals surface area (Å²) in [7, 11) is 1.90. The summed E-state index contributed by atoms with van der Waals surface area (Å²) in [6.07, 6.45) is 1.94. The highest BCUT2D eigenvalue weighted by atomic mass is 35.5. The van der Waals surface area contributed by atoms with Gasteiger partial charge in [0.05, 0.1) is 11.4 Å². The number of aryl methyl sites for hydroxylation is 2. The van der Waals surface area contributed by atoms with E-state index in [1.54, 1.807) is 16.8 Å². The fourth-order valence-electron chi connectivity index (χ4n) is 1.64. The summed E-state index contributed by atoms with van der Waals surface area (Å²) in [5.74, 6) is 0.294. The van der Waals surface area contributed by atoms with Crippen LogP contribution in [0.4, 0.5) is 5.69 Å². The van der Waals surface area contributed by atoms with E-state index in [0.29, 0.717) is 12.3 Å². The predicted octanol–water partition coefficient (Wildman–Crippen LogP) is 2.47. The van der Waals surface area contributed by atoms with Gasteiger partial charge in [-0.05, 0) is 24.6 Å². The molecule has 0 aliphatic rings. The number of aromatic nitrogens is 2. The molecule has 2 aromatic rings. The lowest BCUT2D eigenvalue weighted by Crippen LogP contribution is -1.99. The minimum Gasteiger partial charge on any atom is -0.508 e. The second-order valence-corrected chi connectivity index (χ2v) is 3.83. The van der Waals surface area contributed by atoms with Crippen LogP contribution in [-0.2, 0) is 13.6 Å². The van der Waals surface area contributed by atoms with Crippen molar-refractivity contribution in [3.05, 3.63) is 41.7 Å². The van der Waals surface area contributed by atoms with Crippen LogP contribution in [0.25, 0.3) is 0 Å². The fraction of sp³-hybridized carbons (Fsp3) is 0.250. The number of hydrogen-bond donors (Lipinski definition) is 2. The third-order valence-corrected chi connectivity index (χ3v) is 2.41. The molecule has 2 rings (SSSR count). The number of aromatic hydroxyl groups is 1. The maximum atomic E-state index is 9.32. The summed E-state index contributed by atoms with van der Waals surface area (Å²) in [5.41, 5.74) is 3.04. The van der Waals surface area contributed by atoms with Crippen molar-refractivity contribution in [2.75, 3.05) is 5.32 Å². The lowest BCUT2D eigenvalue weighted by molar-refractivity contribution is 0.474. The lowest BCUT2D eigenvalue weighted by atomic mass is 10.2. The average molecular weight is 254 g/mol. The monoisotopic (exact) mass is 253 g/mol. The van der Waals surface area contributed by atoms with Crippen LogP contribution >= 0.6 is 12.4 Å². The van der Waals surface area contributed by atoms with E-state index in [4.69, 9.17) is 0 Å². The molecule has 0 saturated heterocycles. The highest BCUT2D eigenvalue weighted by Gasteiger charge is 2.02. The minimum absolute atomic E-state index is 0. The first-order valence-electron chi connectivity index (χ1n) is 5.17. The molecule has 0 bridgehead atoms. The molecular formula is C12H16ClN3O. The van der Waals surface area contributed by atoms with Gasteiger partial charge >= 0.3 is 0 Å². The summed E-state index contributed by atoms with van der Waals surface area (Å²) in [6.45, 7) is 2.64. The Kier molecular flexibility index (Phi) is 4.40. The topological polar surface area (TPSA) is 50.1 Å². The van der Waals surface area contributed by atoms with Gasteiger partial charge in [-0.1, -0.05) is 12.1 Å². The number of anilines is 1. The van der Waals surface area contributed by atoms with Gasteiger partial charge in [-0.15, -0.1) is 12.4 Å². The van der Waals surface area contributed by atoms with Crippen LogP contribution < -0.4 is 5.32 Å². The number of nitrogens with one attached hydrogen (secondary N) is 1. The Bertz CT molecular complexity index is 496. The van der Waals surface area contributed by atoms with Crippen molar-refractivity contribution in [2.45, 2.75) is 13.5 Å². The molecule has 17 heavy (non-hydrogen) atoms. The molecule has 1 aromatic carbocycles. The molecule has 0 radical (unpaired) electrons. The van der Waals surface area contributed by atoms with Gasteiger partial charge in [0.2, 0.25) is 0 Å². The van der Waals surface area contributed by atoms with Gasteiger partial charge in [0.15, 0.2) is 0 Å². The van der Waals surface area contributed by atoms with Gasteiger partial charge < -0.3 is 10.4 Å². The summed E-state index contributed by atoms with van der Waals surface area (Å²) in [5, 5.41) is 16.9. The first-order chi connectivity index (χ1) is 7.65. The zero-order valence-corrected chi connectivity index (χ0v) is 10.7. The van der Waals surface area contributed by atoms with Gasteiger partial charge in [-0.3, -0.25) is 4.68 Å². The number of nitrogens with zero attached hydrogens (tertiary/aromatic N) is 2. The molecule has 5 heteroatoms. The quantitative estimate of drug-likeness (QED) is 0.884. The Balaban J connectivity index is 0.00000144. The minimum atomic E-state index is 0. The molecule has 0 amide bonds. The molecule has 1 aromatic heterocycles. The van der Waals surface area contributed by atoms with Crippen molar-refractivity contribution < 1.29 is 5.11 Å². The molecular weight excluding hydrogens is 238 g/mol. The van der Waals surface area contributed by atoms with Crippen LogP contribution in [0.3, 0.4) is 0 Å². The number of phenolic OH excluding ortho intramolecular Hbond substituents is 1. The average Bonchev–Trinajstić information content (AvgIpc) is 2.54. The molecule has 0 aliphatic heterocycles. The molecule has 0 saturated carbocycles. The Morgan fingerprint density at radius 3 is 2.76 bits per heavy atom. The van der Waals surface area contributed by atoms with Crippen molar-refractivity contribution in [3.8, 4) is 5.75 Å². The number of phenols is 1. The number of halogens is 1. The Labute approximate surface area is 107 Å². The van der Waals surface area contributed by atoms with E-state index in [9.17, 15) is 5.11 Å². The Morgan fingerprint density at radius 1 is 1.41 bits per heavy atom. The third kappa shape index (κ3) is 3.39. The smallest absolute Gasteiger partial charge is 0.115 e. The third-order valence-electron chi connectivity index (χ3n) is 2.41. The van der Waals surface area contributed by atoms with Crippen LogP contribution in [0.5, 0.6) is 5.75 Å². The lowest BCUT2D eigenvalue weighted by Gasteiger charge is -2.05. The number of rotatable bonds is 3. The van der Waals surface area contributed by atoms with Crippen LogP contribution in [0.1, 0.15) is 11.3 Å². The molecule has 92 valence electrons. The van der Waals surface area contributed by atoms with E-state index < -0.39 is 0 Å². The summed E-state index contributed by atoms with van der Waals surface area (Å²) in [4.78, 5) is 0. The van der Waals surface area contributed by atoms with Gasteiger partial charge in [-0.2, -0.15) is 5.10 Å². The van der Waals surface area contributed by atoms with Crippen molar-refractivity contribution in [1.29, 1.82) is 0 Å². The molecule has 2 N–H and O–H groups in total. The fourth-order valence-corrected chi connectivity index (χ4v) is 1.64. The van der Waals surface area contributed by atoms with Crippen molar-refractivity contribution in [3.63, 3.8) is 0 Å². The normalized spacial score (nSPS) is 9.76. The van der Waals surface area contributed by atoms with Crippen molar-refractivity contribution in [1.82, 2.24) is 9.78 Å². The first-order valence-corrected chi connectivity index (χ1v) is 5.17. The molecule has 0 atom stereocenters. The van der Waals surface area contributed by atoms with E-state index in [0.717, 1.165) is 16.9 Å². The Morgan fingerprint density at radius 2 is 2.18 bits per heavy atom. The summed E-state index contributed by atoms with van der Waals surface area (Å²) < 4.78 is 1.78. The molecule has 1 heterocycles. The van der Waals surface area contributed by atoms with Gasteiger partial charge in [0, 0.05) is 19.8 Å². The van der Waals surface area contributed by atoms with E-state index in [1.165, 1.54) is 0 Å². The number of benzene rings is 1. The maximum Gasteiger partial charge on any atom is 0.115 e. The highest BCUT2D eigenvalue weighted by molar-refractivity contribution is 5.85. The zero-order valence-electron chi connectivity index (χ0n) is 9.84. The maximum absolute atomic E-state index is 9.32. The van der Waals surface area contributed by atoms with Gasteiger partial charge in [0.25, 0.3) is 0 Å². The summed E-state index contributed by atoms with van der Waals surface area (Å²) in [6, 6.07) is 7.22. The van der Waals surface area contributed by atoms with E-state index in [1.807, 2.05) is 32.3 Å². The molecule has 0 aliphatic carbocycles. The second kappa shape index (κ2) is 5.59. The summed E-state index contributed by atoms with van der Waals surface area (Å²) >= 11 is 0. The number of hydrogen-bond acceptors (Lipinski definition) is 3. The Hall–Kier alpha value is -1.68. The van der Waals surface area contributed by atoms with Crippen LogP contribution in [0.15, 0.2) is 30.5 Å². The highest BCUT2D eigenvalue weighted by Crippen LogP contribution is 2.15. The van der Waals surface area contributed by atoms with E-state index >= 15 is 0 Å². The SMILES string of the molecule is Cc1nn(C)cc1NCc1cccc(O)c1.Cl. The van der Waals surface area contributed by atoms with Gasteiger partial charge in [-0.25, -0.2) is 0 Å². The second-order valence-electron chi connectivity index (χ2n) is 3.83. The van der Waals surface area contributed by atoms with E-state index in [2.05, 4.69) is 10.4 Å². The molecule has 0 unspecified atom stereocenters. The van der Waals surface area contributed by atoms with Crippen LogP contribution in [-0.4, -0.2) is 14.9 Å². The first kappa shape index (κ1) is 13.4. The van der Waals surface area contributed by atoms with Crippen molar-refractivity contribution >= 4 is 18.1 Å². The van der Waals surface area contributed by atoms with Gasteiger partial charge in [0.1, 0.15) is 5.75 Å². The molecule has 0 spiro atoms. The van der Waals surface area contributed by atoms with E-state index in [-0.39, 0.29) is 12.4 Å². The zero-order chi connectivity index (χ0) is 11.5. The standard InChI is InChI=1S/C12H15N3O.ClH/c1-9-12(8-15(2)14-9)13-7-10-4-3-5-11(16)6-10;/h3-6,8,13,16H,7H2,1-2H3;1H. The van der Waals surface area contributed by atoms with Crippen LogP contribution in [0, 0.1) is 6.92 Å². The molecule has 4 nitrogen and oxygen atoms in total.